The average Bonchev–Trinajstić information content (AvgIpc) is 2.48. The molecule has 2 rings (SSSR count). The summed E-state index contributed by atoms with van der Waals surface area (Å²) in [6.07, 6.45) is -0.263. The van der Waals surface area contributed by atoms with Crippen molar-refractivity contribution in [2.75, 3.05) is 33.4 Å². The molecule has 1 aliphatic heterocycles. The Morgan fingerprint density at radius 3 is 2.70 bits per heavy atom. The minimum atomic E-state index is -0.419. The van der Waals surface area contributed by atoms with Gasteiger partial charge in [0.1, 0.15) is 0 Å². The fourth-order valence-electron chi connectivity index (χ4n) is 2.07. The number of nitrogens with zero attached hydrogens (tertiary/aromatic N) is 1. The van der Waals surface area contributed by atoms with Crippen LogP contribution in [0.4, 0.5) is 0 Å². The Hall–Kier alpha value is -2.08. The van der Waals surface area contributed by atoms with Crippen LogP contribution in [-0.4, -0.2) is 55.1 Å². The molecular formula is C14H17NO5. The molecule has 1 aliphatic rings. The normalized spacial score (nSPS) is 14.9. The molecule has 0 aromatic heterocycles. The largest absolute Gasteiger partial charge is 0.504 e. The van der Waals surface area contributed by atoms with Gasteiger partial charge in [-0.05, 0) is 12.1 Å². The topological polar surface area (TPSA) is 76.1 Å². The lowest BCUT2D eigenvalue weighted by Crippen LogP contribution is -2.41. The first-order valence-electron chi connectivity index (χ1n) is 6.38. The zero-order chi connectivity index (χ0) is 14.5. The summed E-state index contributed by atoms with van der Waals surface area (Å²) in [5.74, 6) is -0.678. The van der Waals surface area contributed by atoms with Crippen molar-refractivity contribution in [1.29, 1.82) is 0 Å². The molecule has 0 atom stereocenters. The van der Waals surface area contributed by atoms with E-state index in [-0.39, 0.29) is 29.4 Å². The Morgan fingerprint density at radius 1 is 1.35 bits per heavy atom. The van der Waals surface area contributed by atoms with Crippen molar-refractivity contribution >= 4 is 11.7 Å². The molecule has 0 radical (unpaired) electrons. The van der Waals surface area contributed by atoms with Gasteiger partial charge in [-0.1, -0.05) is 6.07 Å². The second-order valence-corrected chi connectivity index (χ2v) is 4.45. The SMILES string of the molecule is COc1cccc(C(=O)CC(=O)N2CCOCC2)c1O. The number of hydrogen-bond acceptors (Lipinski definition) is 5. The van der Waals surface area contributed by atoms with Gasteiger partial charge in [0.05, 0.1) is 32.3 Å². The number of carbonyl (C=O) groups is 2. The summed E-state index contributed by atoms with van der Waals surface area (Å²) in [6, 6.07) is 4.63. The number of hydrogen-bond donors (Lipinski definition) is 1. The highest BCUT2D eigenvalue weighted by Crippen LogP contribution is 2.30. The number of para-hydroxylation sites is 1. The first kappa shape index (κ1) is 14.3. The molecule has 0 unspecified atom stereocenters. The van der Waals surface area contributed by atoms with Gasteiger partial charge in [-0.15, -0.1) is 0 Å². The molecule has 20 heavy (non-hydrogen) atoms. The van der Waals surface area contributed by atoms with Crippen molar-refractivity contribution in [3.63, 3.8) is 0 Å². The highest BCUT2D eigenvalue weighted by Gasteiger charge is 2.22. The van der Waals surface area contributed by atoms with E-state index in [0.717, 1.165) is 0 Å². The van der Waals surface area contributed by atoms with Gasteiger partial charge in [0.25, 0.3) is 0 Å². The minimum Gasteiger partial charge on any atom is -0.504 e. The first-order chi connectivity index (χ1) is 9.63. The lowest BCUT2D eigenvalue weighted by Gasteiger charge is -2.26. The molecule has 0 aliphatic carbocycles. The van der Waals surface area contributed by atoms with Gasteiger partial charge in [-0.2, -0.15) is 0 Å². The Kier molecular flexibility index (Phi) is 4.57. The second-order valence-electron chi connectivity index (χ2n) is 4.45. The van der Waals surface area contributed by atoms with Crippen LogP contribution < -0.4 is 4.74 Å². The number of ketones is 1. The highest BCUT2D eigenvalue weighted by molar-refractivity contribution is 6.09. The van der Waals surface area contributed by atoms with E-state index in [4.69, 9.17) is 9.47 Å². The van der Waals surface area contributed by atoms with Crippen LogP contribution in [0.25, 0.3) is 0 Å². The van der Waals surface area contributed by atoms with E-state index in [0.29, 0.717) is 26.3 Å². The number of rotatable bonds is 4. The van der Waals surface area contributed by atoms with Crippen LogP contribution >= 0.6 is 0 Å². The number of phenolic OH excluding ortho intramolecular Hbond substituents is 1. The summed E-state index contributed by atoms with van der Waals surface area (Å²) in [5.41, 5.74) is 0.103. The zero-order valence-electron chi connectivity index (χ0n) is 11.3. The van der Waals surface area contributed by atoms with E-state index in [1.807, 2.05) is 0 Å². The van der Waals surface area contributed by atoms with E-state index in [2.05, 4.69) is 0 Å². The van der Waals surface area contributed by atoms with Crippen LogP contribution in [0.1, 0.15) is 16.8 Å². The van der Waals surface area contributed by atoms with Crippen molar-refractivity contribution in [3.05, 3.63) is 23.8 Å². The number of benzene rings is 1. The molecule has 1 heterocycles. The quantitative estimate of drug-likeness (QED) is 0.652. The number of ether oxygens (including phenoxy) is 2. The standard InChI is InChI=1S/C14H17NO5/c1-19-12-4-2-3-10(14(12)18)11(16)9-13(17)15-5-7-20-8-6-15/h2-4,18H,5-9H2,1H3. The van der Waals surface area contributed by atoms with E-state index < -0.39 is 5.78 Å². The molecule has 6 nitrogen and oxygen atoms in total. The first-order valence-corrected chi connectivity index (χ1v) is 6.38. The van der Waals surface area contributed by atoms with E-state index >= 15 is 0 Å². The summed E-state index contributed by atoms with van der Waals surface area (Å²) in [6.45, 7) is 1.97. The van der Waals surface area contributed by atoms with Crippen molar-refractivity contribution in [3.8, 4) is 11.5 Å². The number of amides is 1. The molecule has 0 spiro atoms. The van der Waals surface area contributed by atoms with E-state index in [1.54, 1.807) is 17.0 Å². The fraction of sp³-hybridized carbons (Fsp3) is 0.429. The lowest BCUT2D eigenvalue weighted by atomic mass is 10.1. The van der Waals surface area contributed by atoms with Gasteiger partial charge < -0.3 is 19.5 Å². The molecule has 6 heteroatoms. The molecule has 1 aromatic carbocycles. The molecule has 1 N–H and O–H groups in total. The molecule has 1 aromatic rings. The van der Waals surface area contributed by atoms with Gasteiger partial charge in [-0.25, -0.2) is 0 Å². The van der Waals surface area contributed by atoms with Crippen molar-refractivity contribution in [2.24, 2.45) is 0 Å². The van der Waals surface area contributed by atoms with Gasteiger partial charge >= 0.3 is 0 Å². The smallest absolute Gasteiger partial charge is 0.230 e. The molecule has 1 fully saturated rings. The summed E-state index contributed by atoms with van der Waals surface area (Å²) in [5, 5.41) is 9.89. The zero-order valence-corrected chi connectivity index (χ0v) is 11.3. The van der Waals surface area contributed by atoms with Gasteiger partial charge in [0.15, 0.2) is 17.3 Å². The maximum Gasteiger partial charge on any atom is 0.230 e. The molecule has 0 bridgehead atoms. The second kappa shape index (κ2) is 6.38. The summed E-state index contributed by atoms with van der Waals surface area (Å²) >= 11 is 0. The number of aromatic hydroxyl groups is 1. The van der Waals surface area contributed by atoms with Crippen molar-refractivity contribution < 1.29 is 24.2 Å². The van der Waals surface area contributed by atoms with Gasteiger partial charge in [0.2, 0.25) is 5.91 Å². The Labute approximate surface area is 116 Å². The minimum absolute atomic E-state index is 0.103. The summed E-state index contributed by atoms with van der Waals surface area (Å²) < 4.78 is 10.1. The van der Waals surface area contributed by atoms with Crippen LogP contribution in [-0.2, 0) is 9.53 Å². The molecule has 1 amide bonds. The van der Waals surface area contributed by atoms with Crippen molar-refractivity contribution in [1.82, 2.24) is 4.90 Å². The third-order valence-corrected chi connectivity index (χ3v) is 3.19. The number of methoxy groups -OCH3 is 1. The maximum atomic E-state index is 12.1. The fourth-order valence-corrected chi connectivity index (χ4v) is 2.07. The van der Waals surface area contributed by atoms with Crippen LogP contribution in [0, 0.1) is 0 Å². The number of carbonyl (C=O) groups excluding carboxylic acids is 2. The van der Waals surface area contributed by atoms with Gasteiger partial charge in [-0.3, -0.25) is 9.59 Å². The van der Waals surface area contributed by atoms with Crippen molar-refractivity contribution in [2.45, 2.75) is 6.42 Å². The highest BCUT2D eigenvalue weighted by atomic mass is 16.5. The molecule has 108 valence electrons. The van der Waals surface area contributed by atoms with Crippen LogP contribution in [0.5, 0.6) is 11.5 Å². The predicted molar refractivity (Wildman–Crippen MR) is 71.0 cm³/mol. The summed E-state index contributed by atoms with van der Waals surface area (Å²) in [7, 11) is 1.40. The monoisotopic (exact) mass is 279 g/mol. The Balaban J connectivity index is 2.06. The third-order valence-electron chi connectivity index (χ3n) is 3.19. The summed E-state index contributed by atoms with van der Waals surface area (Å²) in [4.78, 5) is 25.7. The van der Waals surface area contributed by atoms with Crippen LogP contribution in [0.15, 0.2) is 18.2 Å². The maximum absolute atomic E-state index is 12.1. The van der Waals surface area contributed by atoms with E-state index in [1.165, 1.54) is 13.2 Å². The van der Waals surface area contributed by atoms with Crippen LogP contribution in [0.2, 0.25) is 0 Å². The molecule has 1 saturated heterocycles. The molecule has 0 saturated carbocycles. The Bertz CT molecular complexity index is 508. The van der Waals surface area contributed by atoms with Crippen LogP contribution in [0.3, 0.4) is 0 Å². The average molecular weight is 279 g/mol. The number of morpholine rings is 1. The third kappa shape index (κ3) is 3.08. The number of Topliss-reactive ketones (excluding diaryl/α,β-unsaturated/α-hetero) is 1. The number of phenols is 1. The van der Waals surface area contributed by atoms with E-state index in [9.17, 15) is 14.7 Å². The predicted octanol–water partition coefficient (Wildman–Crippen LogP) is 0.832. The Morgan fingerprint density at radius 2 is 2.05 bits per heavy atom. The van der Waals surface area contributed by atoms with Gasteiger partial charge in [0, 0.05) is 13.1 Å². The molecular weight excluding hydrogens is 262 g/mol. The lowest BCUT2D eigenvalue weighted by molar-refractivity contribution is -0.134.